The van der Waals surface area contributed by atoms with E-state index >= 15 is 0 Å². The largest absolute Gasteiger partial charge is 0.293 e. The normalized spacial score (nSPS) is 8.20. The van der Waals surface area contributed by atoms with E-state index in [1.165, 1.54) is 8.88 Å². The quantitative estimate of drug-likeness (QED) is 0.389. The number of hydrogen-bond acceptors (Lipinski definition) is 3. The smallest absolute Gasteiger partial charge is 0.0000000000337 e. The van der Waals surface area contributed by atoms with Gasteiger partial charge in [0.15, 0.2) is 0 Å². The first kappa shape index (κ1) is 12.5. The Morgan fingerprint density at radius 1 is 1.10 bits per heavy atom. The topological polar surface area (TPSA) is 0 Å². The summed E-state index contributed by atoms with van der Waals surface area (Å²) in [6.07, 6.45) is 0. The monoisotopic (exact) mass is 321 g/mol. The molecule has 0 saturated heterocycles. The van der Waals surface area contributed by atoms with Crippen LogP contribution in [-0.4, -0.2) is 0 Å². The molecule has 0 amide bonds. The molecule has 0 aromatic rings. The van der Waals surface area contributed by atoms with Crippen molar-refractivity contribution < 1.29 is 0 Å². The zero-order valence-corrected chi connectivity index (χ0v) is 12.4. The maximum Gasteiger partial charge on any atom is -0.0000000000337 e. The molecule has 0 heterocycles. The molecule has 0 unspecified atom stereocenters. The van der Waals surface area contributed by atoms with Crippen LogP contribution in [0.2, 0.25) is 0 Å². The summed E-state index contributed by atoms with van der Waals surface area (Å²) in [6.45, 7) is 0. The lowest BCUT2D eigenvalue weighted by molar-refractivity contribution is 5.90. The SMILES string of the molecule is S=S=S=S=S=S=S=[S-](=S)S. The second kappa shape index (κ2) is 9.55. The highest BCUT2D eigenvalue weighted by Crippen LogP contribution is 1.67. The summed E-state index contributed by atoms with van der Waals surface area (Å²) >= 11 is 13.5. The van der Waals surface area contributed by atoms with Crippen molar-refractivity contribution in [2.75, 3.05) is 0 Å². The van der Waals surface area contributed by atoms with Gasteiger partial charge < -0.3 is 0 Å². The molecule has 0 fully saturated rings. The van der Waals surface area contributed by atoms with E-state index in [4.69, 9.17) is 11.2 Å². The summed E-state index contributed by atoms with van der Waals surface area (Å²) in [6, 6.07) is 0. The minimum atomic E-state index is -0.240. The molecule has 0 aliphatic carbocycles. The van der Waals surface area contributed by atoms with Crippen molar-refractivity contribution in [2.24, 2.45) is 0 Å². The average Bonchev–Trinajstić information content (AvgIpc) is 1.87. The summed E-state index contributed by atoms with van der Waals surface area (Å²) in [5, 5.41) is 0. The molecule has 0 aromatic carbocycles. The maximum absolute atomic E-state index is 4.84. The Bertz CT molecular complexity index is 346. The summed E-state index contributed by atoms with van der Waals surface area (Å²) in [7, 11) is 9.24. The summed E-state index contributed by atoms with van der Waals surface area (Å²) in [5.74, 6) is 0. The third-order valence-corrected chi connectivity index (χ3v) is 16.0. The summed E-state index contributed by atoms with van der Waals surface area (Å²) in [4.78, 5) is 0. The lowest BCUT2D eigenvalue weighted by Crippen LogP contribution is -1.43. The van der Waals surface area contributed by atoms with Crippen molar-refractivity contribution in [1.29, 1.82) is 0 Å². The van der Waals surface area contributed by atoms with Crippen LogP contribution in [0, 0.1) is 0 Å². The van der Waals surface area contributed by atoms with Crippen LogP contribution in [0.1, 0.15) is 0 Å². The van der Waals surface area contributed by atoms with Crippen molar-refractivity contribution >= 4 is 94.4 Å². The highest BCUT2D eigenvalue weighted by Gasteiger charge is 1.34. The molecule has 0 saturated carbocycles. The Balaban J connectivity index is 5.31. The summed E-state index contributed by atoms with van der Waals surface area (Å²) in [5.41, 5.74) is 0. The van der Waals surface area contributed by atoms with Crippen molar-refractivity contribution in [3.8, 4) is 0 Å². The van der Waals surface area contributed by atoms with Crippen molar-refractivity contribution in [3.63, 3.8) is 0 Å². The minimum Gasteiger partial charge on any atom is -0.293 e. The van der Waals surface area contributed by atoms with Gasteiger partial charge >= 0.3 is 0 Å². The molecule has 0 N–H and O–H groups in total. The van der Waals surface area contributed by atoms with E-state index in [-0.39, 0.29) is 7.05 Å². The predicted molar refractivity (Wildman–Crippen MR) is 75.3 cm³/mol. The van der Waals surface area contributed by atoms with Crippen LogP contribution in [0.4, 0.5) is 0 Å². The van der Waals surface area contributed by atoms with Crippen LogP contribution < -0.4 is 0 Å². The highest BCUT2D eigenvalue weighted by atomic mass is 33.6. The van der Waals surface area contributed by atoms with Gasteiger partial charge in [-0.25, -0.2) is 20.1 Å². The molecule has 0 aromatic heterocycles. The fraction of sp³-hybridized carbons (Fsp3) is 0. The van der Waals surface area contributed by atoms with Gasteiger partial charge in [-0.1, -0.05) is 0 Å². The molecule has 0 atom stereocenters. The lowest BCUT2D eigenvalue weighted by atomic mass is 30.6. The van der Waals surface area contributed by atoms with E-state index in [0.717, 1.165) is 0 Å². The van der Waals surface area contributed by atoms with Gasteiger partial charge in [-0.3, -0.25) is 18.7 Å². The highest BCUT2D eigenvalue weighted by molar-refractivity contribution is 8.91. The van der Waals surface area contributed by atoms with Crippen LogP contribution >= 0.6 is 11.7 Å². The van der Waals surface area contributed by atoms with Crippen LogP contribution in [0.5, 0.6) is 0 Å². The Morgan fingerprint density at radius 2 is 1.70 bits per heavy atom. The predicted octanol–water partition coefficient (Wildman–Crippen LogP) is 0.359. The van der Waals surface area contributed by atoms with Gasteiger partial charge in [0.05, 0.1) is 0 Å². The molecule has 62 valence electrons. The van der Waals surface area contributed by atoms with E-state index in [1.54, 1.807) is 44.4 Å². The molecule has 0 radical (unpaired) electrons. The second-order valence-corrected chi connectivity index (χ2v) is 16.9. The number of rotatable bonds is 0. The molecule has 10 heavy (non-hydrogen) atoms. The Kier molecular flexibility index (Phi) is 11.9. The van der Waals surface area contributed by atoms with E-state index in [9.17, 15) is 0 Å². The van der Waals surface area contributed by atoms with Crippen molar-refractivity contribution in [3.05, 3.63) is 0 Å². The first-order valence-corrected chi connectivity index (χ1v) is 13.6. The van der Waals surface area contributed by atoms with Crippen LogP contribution in [0.3, 0.4) is 0 Å². The third kappa shape index (κ3) is 10.5. The molecule has 0 nitrogen and oxygen atoms in total. The fourth-order valence-corrected chi connectivity index (χ4v) is 16.8. The van der Waals surface area contributed by atoms with E-state index in [0.29, 0.717) is 0 Å². The number of thiol groups is 1. The first-order chi connectivity index (χ1) is 4.77. The molecule has 0 aliphatic rings. The fourth-order valence-electron chi connectivity index (χ4n) is 0.0691. The standard InChI is InChI=1S/HS10/c1-4-5-6-7-8-9-10(2)3/h(H,2,3)/q-1. The van der Waals surface area contributed by atoms with Gasteiger partial charge in [0.2, 0.25) is 0 Å². The zero-order valence-electron chi connectivity index (χ0n) is 4.12. The third-order valence-electron chi connectivity index (χ3n) is 0.197. The van der Waals surface area contributed by atoms with Gasteiger partial charge in [-0.15, -0.1) is 0 Å². The molecular formula is HS10-. The lowest BCUT2D eigenvalue weighted by Gasteiger charge is -1.74. The maximum atomic E-state index is 4.84. The molecule has 0 rings (SSSR count). The minimum absolute atomic E-state index is 0.240. The van der Waals surface area contributed by atoms with Gasteiger partial charge in [-0.05, 0) is 55.6 Å². The van der Waals surface area contributed by atoms with Crippen molar-refractivity contribution in [2.45, 2.75) is 0 Å². The van der Waals surface area contributed by atoms with Crippen molar-refractivity contribution in [1.82, 2.24) is 0 Å². The molecule has 0 aliphatic heterocycles. The molecule has 0 spiro atoms. The van der Waals surface area contributed by atoms with Gasteiger partial charge in [0.1, 0.15) is 0 Å². The Labute approximate surface area is 92.7 Å². The van der Waals surface area contributed by atoms with Gasteiger partial charge in [-0.2, -0.15) is 0 Å². The Morgan fingerprint density at radius 3 is 2.20 bits per heavy atom. The van der Waals surface area contributed by atoms with E-state index in [1.807, 2.05) is 0 Å². The summed E-state index contributed by atoms with van der Waals surface area (Å²) < 4.78 is 0. The molecular weight excluding hydrogens is 321 g/mol. The Hall–Kier alpha value is 2.46. The van der Waals surface area contributed by atoms with Gasteiger partial charge in [0.25, 0.3) is 0 Å². The van der Waals surface area contributed by atoms with Crippen LogP contribution in [0.25, 0.3) is 0 Å². The number of hydrogen-bond donors (Lipinski definition) is 1. The second-order valence-electron chi connectivity index (χ2n) is 0.625. The van der Waals surface area contributed by atoms with Gasteiger partial charge in [0, 0.05) is 0 Å². The van der Waals surface area contributed by atoms with Crippen LogP contribution in [0.15, 0.2) is 0 Å². The molecule has 0 bridgehead atoms. The average molecular weight is 322 g/mol. The van der Waals surface area contributed by atoms with E-state index < -0.39 is 0 Å². The molecule has 10 heteroatoms. The van der Waals surface area contributed by atoms with Crippen LogP contribution in [-0.2, 0) is 82.7 Å². The first-order valence-electron chi connectivity index (χ1n) is 1.52. The zero-order chi connectivity index (χ0) is 7.82. The van der Waals surface area contributed by atoms with E-state index in [2.05, 4.69) is 22.8 Å².